The minimum absolute atomic E-state index is 0.0445. The van der Waals surface area contributed by atoms with E-state index in [2.05, 4.69) is 4.98 Å². The van der Waals surface area contributed by atoms with E-state index in [1.54, 1.807) is 24.3 Å². The van der Waals surface area contributed by atoms with Gasteiger partial charge in [-0.2, -0.15) is 4.98 Å². The van der Waals surface area contributed by atoms with E-state index in [1.807, 2.05) is 0 Å². The molecule has 2 aromatic rings. The smallest absolute Gasteiger partial charge is 0.381 e. The Kier molecular flexibility index (Phi) is 5.64. The van der Waals surface area contributed by atoms with Crippen molar-refractivity contribution in [1.29, 1.82) is 0 Å². The molecule has 0 saturated carbocycles. The van der Waals surface area contributed by atoms with Gasteiger partial charge >= 0.3 is 12.4 Å². The van der Waals surface area contributed by atoms with Crippen LogP contribution in [0.2, 0.25) is 0 Å². The van der Waals surface area contributed by atoms with Crippen molar-refractivity contribution >= 4 is 24.3 Å². The minimum atomic E-state index is -3.37. The van der Waals surface area contributed by atoms with Crippen LogP contribution in [0.4, 0.5) is 14.6 Å². The average Bonchev–Trinajstić information content (AvgIpc) is 3.04. The second-order valence-electron chi connectivity index (χ2n) is 6.88. The molecule has 0 bridgehead atoms. The van der Waals surface area contributed by atoms with Crippen LogP contribution in [-0.2, 0) is 32.2 Å². The molecular formula is C17H18F2N3O6PS. The first-order valence-corrected chi connectivity index (χ1v) is 11.4. The van der Waals surface area contributed by atoms with E-state index in [-0.39, 0.29) is 12.4 Å². The number of anilines is 1. The van der Waals surface area contributed by atoms with Gasteiger partial charge in [0, 0.05) is 30.0 Å². The highest BCUT2D eigenvalue weighted by atomic mass is 32.5. The summed E-state index contributed by atoms with van der Waals surface area (Å²) in [7, 11) is 0. The number of para-hydroxylation sites is 1. The Morgan fingerprint density at radius 2 is 2.20 bits per heavy atom. The van der Waals surface area contributed by atoms with E-state index in [9.17, 15) is 18.7 Å². The molecule has 0 amide bonds. The highest BCUT2D eigenvalue weighted by Gasteiger charge is 2.54. The Labute approximate surface area is 174 Å². The van der Waals surface area contributed by atoms with Gasteiger partial charge in [0.15, 0.2) is 11.8 Å². The van der Waals surface area contributed by atoms with Crippen LogP contribution in [-0.4, -0.2) is 39.4 Å². The second-order valence-corrected chi connectivity index (χ2v) is 9.82. The summed E-state index contributed by atoms with van der Waals surface area (Å²) in [6, 6.07) is 8.30. The summed E-state index contributed by atoms with van der Waals surface area (Å²) in [5.41, 5.74) is 3.13. The minimum Gasteiger partial charge on any atom is -0.424 e. The number of alkyl halides is 2. The van der Waals surface area contributed by atoms with Gasteiger partial charge in [0.1, 0.15) is 17.7 Å². The maximum absolute atomic E-state index is 14.0. The fourth-order valence-electron chi connectivity index (χ4n) is 3.24. The molecule has 0 radical (unpaired) electrons. The van der Waals surface area contributed by atoms with Gasteiger partial charge in [-0.05, 0) is 12.1 Å². The largest absolute Gasteiger partial charge is 0.424 e. The van der Waals surface area contributed by atoms with Gasteiger partial charge in [0.05, 0.1) is 13.2 Å². The monoisotopic (exact) mass is 461 g/mol. The van der Waals surface area contributed by atoms with Crippen molar-refractivity contribution in [1.82, 2.24) is 9.55 Å². The Morgan fingerprint density at radius 3 is 2.93 bits per heavy atom. The summed E-state index contributed by atoms with van der Waals surface area (Å²) in [6.45, 7) is -3.95. The molecular weight excluding hydrogens is 443 g/mol. The van der Waals surface area contributed by atoms with Crippen molar-refractivity contribution in [3.8, 4) is 5.75 Å². The van der Waals surface area contributed by atoms with Crippen molar-refractivity contribution in [2.75, 3.05) is 12.3 Å². The molecule has 30 heavy (non-hydrogen) atoms. The standard InChI is InChI=1S/C17H18F2N3O6PS/c18-15(19)17(7-11(23)14(27-17)22-6-5-13(20)21-16(22)24)9-26-29(30)25-8-10-3-1-2-4-12(10)28-29/h1-6,11,14-15,23H,7-9H2,(H2,20,21,24). The van der Waals surface area contributed by atoms with Crippen LogP contribution >= 0.6 is 6.72 Å². The first kappa shape index (κ1) is 21.3. The highest BCUT2D eigenvalue weighted by Crippen LogP contribution is 2.56. The van der Waals surface area contributed by atoms with Crippen LogP contribution < -0.4 is 15.9 Å². The maximum atomic E-state index is 14.0. The second kappa shape index (κ2) is 7.95. The number of nitrogens with zero attached hydrogens (tertiary/aromatic N) is 2. The third-order valence-corrected chi connectivity index (χ3v) is 6.96. The number of fused-ring (bicyclic) bond motifs is 1. The number of hydrogen-bond acceptors (Lipinski definition) is 9. The number of ether oxygens (including phenoxy) is 1. The molecule has 2 aliphatic heterocycles. The zero-order valence-electron chi connectivity index (χ0n) is 15.4. The molecule has 3 heterocycles. The lowest BCUT2D eigenvalue weighted by Crippen LogP contribution is -2.42. The van der Waals surface area contributed by atoms with E-state index in [0.717, 1.165) is 10.1 Å². The molecule has 1 aromatic heterocycles. The third kappa shape index (κ3) is 3.98. The van der Waals surface area contributed by atoms with Crippen LogP contribution in [0.1, 0.15) is 18.2 Å². The molecule has 0 aliphatic carbocycles. The zero-order chi connectivity index (χ0) is 21.5. The fourth-order valence-corrected chi connectivity index (χ4v) is 5.07. The number of aromatic nitrogens is 2. The van der Waals surface area contributed by atoms with Gasteiger partial charge in [-0.1, -0.05) is 18.2 Å². The van der Waals surface area contributed by atoms with E-state index < -0.39 is 49.8 Å². The Hall–Kier alpha value is -1.95. The number of halogens is 2. The predicted octanol–water partition coefficient (Wildman–Crippen LogP) is 1.96. The number of rotatable bonds is 5. The molecule has 1 aromatic carbocycles. The summed E-state index contributed by atoms with van der Waals surface area (Å²) < 4.78 is 50.9. The lowest BCUT2D eigenvalue weighted by atomic mass is 10.0. The third-order valence-electron chi connectivity index (χ3n) is 4.79. The van der Waals surface area contributed by atoms with Crippen LogP contribution in [0.25, 0.3) is 0 Å². The number of aliphatic hydroxyl groups excluding tert-OH is 1. The van der Waals surface area contributed by atoms with Crippen LogP contribution in [0.15, 0.2) is 41.3 Å². The quantitative estimate of drug-likeness (QED) is 0.644. The highest BCUT2D eigenvalue weighted by molar-refractivity contribution is 8.07. The normalized spacial score (nSPS) is 30.8. The number of nitrogen functional groups attached to an aromatic ring is 1. The van der Waals surface area contributed by atoms with Gasteiger partial charge in [-0.25, -0.2) is 13.6 Å². The molecule has 1 fully saturated rings. The topological polar surface area (TPSA) is 118 Å². The Balaban J connectivity index is 1.53. The lowest BCUT2D eigenvalue weighted by Gasteiger charge is -2.33. The van der Waals surface area contributed by atoms with Crippen LogP contribution in [0, 0.1) is 0 Å². The summed E-state index contributed by atoms with van der Waals surface area (Å²) in [6.07, 6.45) is -5.14. The molecule has 13 heteroatoms. The summed E-state index contributed by atoms with van der Waals surface area (Å²) in [5.74, 6) is 0.417. The summed E-state index contributed by atoms with van der Waals surface area (Å²) in [4.78, 5) is 15.6. The van der Waals surface area contributed by atoms with Crippen LogP contribution in [0.5, 0.6) is 5.75 Å². The number of aliphatic hydroxyl groups is 1. The SMILES string of the molecule is Nc1ccn(C2OC(COP3(=S)OCc4ccccc4O3)(C(F)F)CC2O)c(=O)n1. The number of benzene rings is 1. The molecule has 9 nitrogen and oxygen atoms in total. The fraction of sp³-hybridized carbons (Fsp3) is 0.412. The van der Waals surface area contributed by atoms with E-state index >= 15 is 0 Å². The van der Waals surface area contributed by atoms with Crippen molar-refractivity contribution in [2.24, 2.45) is 0 Å². The van der Waals surface area contributed by atoms with E-state index in [1.165, 1.54) is 12.3 Å². The first-order chi connectivity index (χ1) is 14.2. The van der Waals surface area contributed by atoms with Crippen molar-refractivity contribution in [2.45, 2.75) is 37.4 Å². The van der Waals surface area contributed by atoms with Gasteiger partial charge in [-0.3, -0.25) is 13.6 Å². The molecule has 0 spiro atoms. The van der Waals surface area contributed by atoms with Gasteiger partial charge in [-0.15, -0.1) is 0 Å². The zero-order valence-corrected chi connectivity index (χ0v) is 17.1. The lowest BCUT2D eigenvalue weighted by molar-refractivity contribution is -0.170. The summed E-state index contributed by atoms with van der Waals surface area (Å²) in [5, 5.41) is 10.3. The molecule has 4 unspecified atom stereocenters. The van der Waals surface area contributed by atoms with Gasteiger partial charge in [0.2, 0.25) is 0 Å². The van der Waals surface area contributed by atoms with Crippen molar-refractivity contribution < 1.29 is 32.2 Å². The Bertz CT molecular complexity index is 1060. The van der Waals surface area contributed by atoms with E-state index in [4.69, 9.17) is 35.8 Å². The molecule has 162 valence electrons. The van der Waals surface area contributed by atoms with Crippen molar-refractivity contribution in [3.63, 3.8) is 0 Å². The van der Waals surface area contributed by atoms with Crippen LogP contribution in [0.3, 0.4) is 0 Å². The number of nitrogens with two attached hydrogens (primary N) is 1. The molecule has 3 N–H and O–H groups in total. The maximum Gasteiger partial charge on any atom is 0.381 e. The van der Waals surface area contributed by atoms with Gasteiger partial charge < -0.3 is 20.1 Å². The first-order valence-electron chi connectivity index (χ1n) is 8.87. The summed E-state index contributed by atoms with van der Waals surface area (Å²) >= 11 is 5.29. The molecule has 1 saturated heterocycles. The number of hydrogen-bond donors (Lipinski definition) is 2. The van der Waals surface area contributed by atoms with Crippen molar-refractivity contribution in [3.05, 3.63) is 52.6 Å². The molecule has 4 rings (SSSR count). The Morgan fingerprint density at radius 1 is 1.43 bits per heavy atom. The van der Waals surface area contributed by atoms with E-state index in [0.29, 0.717) is 5.75 Å². The molecule has 2 aliphatic rings. The predicted molar refractivity (Wildman–Crippen MR) is 104 cm³/mol. The molecule has 4 atom stereocenters. The average molecular weight is 461 g/mol. The van der Waals surface area contributed by atoms with Gasteiger partial charge in [0.25, 0.3) is 6.43 Å².